The minimum absolute atomic E-state index is 0.0779. The SMILES string of the molecule is O=C(O)CC1CN(Cc2ccc3c(c2)CCO3)CCO1. The molecule has 1 aromatic carbocycles. The van der Waals surface area contributed by atoms with E-state index >= 15 is 0 Å². The van der Waals surface area contributed by atoms with E-state index in [2.05, 4.69) is 17.0 Å². The molecule has 1 N–H and O–H groups in total. The molecule has 0 spiro atoms. The third-order valence-corrected chi connectivity index (χ3v) is 3.79. The van der Waals surface area contributed by atoms with E-state index in [0.29, 0.717) is 13.2 Å². The van der Waals surface area contributed by atoms with Crippen LogP contribution in [0, 0.1) is 0 Å². The fourth-order valence-electron chi connectivity index (χ4n) is 2.84. The summed E-state index contributed by atoms with van der Waals surface area (Å²) < 4.78 is 11.0. The van der Waals surface area contributed by atoms with Gasteiger partial charge in [-0.1, -0.05) is 12.1 Å². The summed E-state index contributed by atoms with van der Waals surface area (Å²) >= 11 is 0. The Balaban J connectivity index is 1.61. The van der Waals surface area contributed by atoms with Crippen LogP contribution < -0.4 is 4.74 Å². The predicted octanol–water partition coefficient (Wildman–Crippen LogP) is 1.30. The van der Waals surface area contributed by atoms with Gasteiger partial charge in [0.05, 0.1) is 25.7 Å². The lowest BCUT2D eigenvalue weighted by atomic mass is 10.1. The van der Waals surface area contributed by atoms with E-state index < -0.39 is 5.97 Å². The normalized spacial score (nSPS) is 22.3. The fraction of sp³-hybridized carbons (Fsp3) is 0.533. The van der Waals surface area contributed by atoms with Gasteiger partial charge < -0.3 is 14.6 Å². The third kappa shape index (κ3) is 3.11. The minimum Gasteiger partial charge on any atom is -0.493 e. The second-order valence-corrected chi connectivity index (χ2v) is 5.37. The van der Waals surface area contributed by atoms with Crippen LogP contribution >= 0.6 is 0 Å². The largest absolute Gasteiger partial charge is 0.493 e. The Morgan fingerprint density at radius 3 is 3.15 bits per heavy atom. The van der Waals surface area contributed by atoms with E-state index in [9.17, 15) is 4.79 Å². The molecule has 2 heterocycles. The van der Waals surface area contributed by atoms with Crippen LogP contribution in [0.15, 0.2) is 18.2 Å². The number of nitrogens with zero attached hydrogens (tertiary/aromatic N) is 1. The Morgan fingerprint density at radius 1 is 1.40 bits per heavy atom. The molecule has 108 valence electrons. The molecule has 2 aliphatic rings. The lowest BCUT2D eigenvalue weighted by molar-refractivity contribution is -0.142. The van der Waals surface area contributed by atoms with Gasteiger partial charge in [0.15, 0.2) is 0 Å². The van der Waals surface area contributed by atoms with E-state index in [1.165, 1.54) is 11.1 Å². The van der Waals surface area contributed by atoms with Crippen LogP contribution in [0.25, 0.3) is 0 Å². The first-order valence-corrected chi connectivity index (χ1v) is 7.01. The van der Waals surface area contributed by atoms with Crippen molar-refractivity contribution < 1.29 is 19.4 Å². The Kier molecular flexibility index (Phi) is 3.89. The van der Waals surface area contributed by atoms with Crippen molar-refractivity contribution in [3.8, 4) is 5.75 Å². The maximum atomic E-state index is 10.7. The van der Waals surface area contributed by atoms with Crippen molar-refractivity contribution in [2.24, 2.45) is 0 Å². The molecule has 1 unspecified atom stereocenters. The average molecular weight is 277 g/mol. The number of carboxylic acid groups (broad SMARTS) is 1. The van der Waals surface area contributed by atoms with Gasteiger partial charge in [0.1, 0.15) is 5.75 Å². The summed E-state index contributed by atoms with van der Waals surface area (Å²) in [5.41, 5.74) is 2.53. The number of ether oxygens (including phenoxy) is 2. The summed E-state index contributed by atoms with van der Waals surface area (Å²) in [4.78, 5) is 13.0. The number of aliphatic carboxylic acids is 1. The van der Waals surface area contributed by atoms with Crippen LogP contribution in [-0.4, -0.2) is 48.4 Å². The average Bonchev–Trinajstić information content (AvgIpc) is 2.85. The van der Waals surface area contributed by atoms with Gasteiger partial charge in [0.25, 0.3) is 0 Å². The second kappa shape index (κ2) is 5.81. The number of benzene rings is 1. The number of rotatable bonds is 4. The summed E-state index contributed by atoms with van der Waals surface area (Å²) in [6.45, 7) is 3.75. The van der Waals surface area contributed by atoms with E-state index in [-0.39, 0.29) is 12.5 Å². The third-order valence-electron chi connectivity index (χ3n) is 3.79. The number of fused-ring (bicyclic) bond motifs is 1. The predicted molar refractivity (Wildman–Crippen MR) is 72.9 cm³/mol. The van der Waals surface area contributed by atoms with Crippen molar-refractivity contribution in [1.29, 1.82) is 0 Å². The standard InChI is InChI=1S/C15H19NO4/c17-15(18)8-13-10-16(4-6-19-13)9-11-1-2-14-12(7-11)3-5-20-14/h1-2,7,13H,3-6,8-10H2,(H,17,18). The van der Waals surface area contributed by atoms with Crippen molar-refractivity contribution in [3.05, 3.63) is 29.3 Å². The number of hydrogen-bond donors (Lipinski definition) is 1. The molecule has 20 heavy (non-hydrogen) atoms. The van der Waals surface area contributed by atoms with Gasteiger partial charge in [-0.05, 0) is 17.2 Å². The number of carboxylic acids is 1. The number of carbonyl (C=O) groups is 1. The van der Waals surface area contributed by atoms with Gasteiger partial charge in [0, 0.05) is 26.1 Å². The summed E-state index contributed by atoms with van der Waals surface area (Å²) in [5, 5.41) is 8.84. The van der Waals surface area contributed by atoms with Crippen LogP contribution in [0.4, 0.5) is 0 Å². The van der Waals surface area contributed by atoms with Gasteiger partial charge in [-0.3, -0.25) is 9.69 Å². The molecular formula is C15H19NO4. The molecule has 0 bridgehead atoms. The van der Waals surface area contributed by atoms with E-state index in [1.807, 2.05) is 6.07 Å². The second-order valence-electron chi connectivity index (χ2n) is 5.37. The van der Waals surface area contributed by atoms with Gasteiger partial charge in [-0.25, -0.2) is 0 Å². The maximum Gasteiger partial charge on any atom is 0.306 e. The molecule has 0 aliphatic carbocycles. The van der Waals surface area contributed by atoms with E-state index in [4.69, 9.17) is 14.6 Å². The highest BCUT2D eigenvalue weighted by Gasteiger charge is 2.23. The molecule has 1 saturated heterocycles. The van der Waals surface area contributed by atoms with Gasteiger partial charge in [-0.15, -0.1) is 0 Å². The lowest BCUT2D eigenvalue weighted by Gasteiger charge is -2.32. The zero-order chi connectivity index (χ0) is 13.9. The minimum atomic E-state index is -0.800. The van der Waals surface area contributed by atoms with Crippen LogP contribution in [0.3, 0.4) is 0 Å². The van der Waals surface area contributed by atoms with Crippen LogP contribution in [-0.2, 0) is 22.5 Å². The first kappa shape index (κ1) is 13.4. The summed E-state index contributed by atoms with van der Waals surface area (Å²) in [5.74, 6) is 0.200. The summed E-state index contributed by atoms with van der Waals surface area (Å²) in [6.07, 6.45) is 0.863. The topological polar surface area (TPSA) is 59.0 Å². The zero-order valence-electron chi connectivity index (χ0n) is 11.4. The zero-order valence-corrected chi connectivity index (χ0v) is 11.4. The maximum absolute atomic E-state index is 10.7. The van der Waals surface area contributed by atoms with Crippen molar-refractivity contribution in [2.45, 2.75) is 25.5 Å². The fourth-order valence-corrected chi connectivity index (χ4v) is 2.84. The van der Waals surface area contributed by atoms with Crippen molar-refractivity contribution >= 4 is 5.97 Å². The molecule has 2 aliphatic heterocycles. The molecule has 5 nitrogen and oxygen atoms in total. The molecule has 0 aromatic heterocycles. The van der Waals surface area contributed by atoms with Crippen LogP contribution in [0.2, 0.25) is 0 Å². The number of morpholine rings is 1. The highest BCUT2D eigenvalue weighted by atomic mass is 16.5. The smallest absolute Gasteiger partial charge is 0.306 e. The van der Waals surface area contributed by atoms with E-state index in [1.54, 1.807) is 0 Å². The van der Waals surface area contributed by atoms with Gasteiger partial charge in [0.2, 0.25) is 0 Å². The van der Waals surface area contributed by atoms with Crippen LogP contribution in [0.5, 0.6) is 5.75 Å². The molecule has 0 radical (unpaired) electrons. The van der Waals surface area contributed by atoms with Gasteiger partial charge >= 0.3 is 5.97 Å². The monoisotopic (exact) mass is 277 g/mol. The summed E-state index contributed by atoms with van der Waals surface area (Å²) in [6, 6.07) is 6.32. The molecule has 0 amide bonds. The molecular weight excluding hydrogens is 258 g/mol. The number of hydrogen-bond acceptors (Lipinski definition) is 4. The molecule has 0 saturated carbocycles. The molecule has 1 aromatic rings. The quantitative estimate of drug-likeness (QED) is 0.899. The molecule has 1 atom stereocenters. The Hall–Kier alpha value is -1.59. The highest BCUT2D eigenvalue weighted by Crippen LogP contribution is 2.26. The highest BCUT2D eigenvalue weighted by molar-refractivity contribution is 5.67. The van der Waals surface area contributed by atoms with E-state index in [0.717, 1.165) is 31.9 Å². The van der Waals surface area contributed by atoms with Crippen molar-refractivity contribution in [1.82, 2.24) is 4.90 Å². The first-order chi connectivity index (χ1) is 9.70. The lowest BCUT2D eigenvalue weighted by Crippen LogP contribution is -2.42. The van der Waals surface area contributed by atoms with Gasteiger partial charge in [-0.2, -0.15) is 0 Å². The summed E-state index contributed by atoms with van der Waals surface area (Å²) in [7, 11) is 0. The van der Waals surface area contributed by atoms with Crippen molar-refractivity contribution in [3.63, 3.8) is 0 Å². The molecule has 1 fully saturated rings. The molecule has 3 rings (SSSR count). The Bertz CT molecular complexity index is 503. The molecule has 5 heteroatoms. The van der Waals surface area contributed by atoms with Crippen molar-refractivity contribution in [2.75, 3.05) is 26.3 Å². The van der Waals surface area contributed by atoms with Crippen LogP contribution in [0.1, 0.15) is 17.5 Å². The first-order valence-electron chi connectivity index (χ1n) is 7.01. The Morgan fingerprint density at radius 2 is 2.30 bits per heavy atom. The Labute approximate surface area is 118 Å².